The van der Waals surface area contributed by atoms with Crippen LogP contribution in [0.2, 0.25) is 0 Å². The zero-order chi connectivity index (χ0) is 21.9. The summed E-state index contributed by atoms with van der Waals surface area (Å²) >= 11 is 0. The van der Waals surface area contributed by atoms with Crippen LogP contribution >= 0.6 is 0 Å². The molecular formula is C24H22N6O2. The van der Waals surface area contributed by atoms with Crippen LogP contribution in [0.25, 0.3) is 16.7 Å². The van der Waals surface area contributed by atoms with Gasteiger partial charge in [0.05, 0.1) is 7.11 Å². The van der Waals surface area contributed by atoms with Gasteiger partial charge >= 0.3 is 0 Å². The largest absolute Gasteiger partial charge is 0.481 e. The van der Waals surface area contributed by atoms with Gasteiger partial charge in [0.25, 0.3) is 5.91 Å². The summed E-state index contributed by atoms with van der Waals surface area (Å²) in [7, 11) is 1.57. The molecule has 2 aliphatic carbocycles. The third-order valence-electron chi connectivity index (χ3n) is 5.40. The van der Waals surface area contributed by atoms with Crippen molar-refractivity contribution >= 4 is 11.5 Å². The fourth-order valence-corrected chi connectivity index (χ4v) is 3.57. The summed E-state index contributed by atoms with van der Waals surface area (Å²) in [6.07, 6.45) is 15.9. The van der Waals surface area contributed by atoms with Crippen molar-refractivity contribution in [3.05, 3.63) is 84.5 Å². The van der Waals surface area contributed by atoms with Crippen molar-refractivity contribution in [2.24, 2.45) is 0 Å². The van der Waals surface area contributed by atoms with E-state index in [1.165, 1.54) is 0 Å². The van der Waals surface area contributed by atoms with Crippen molar-refractivity contribution in [2.75, 3.05) is 7.11 Å². The van der Waals surface area contributed by atoms with Crippen molar-refractivity contribution in [3.8, 4) is 17.0 Å². The number of carbonyl (C=O) groups excluding carboxylic acids is 1. The van der Waals surface area contributed by atoms with Crippen molar-refractivity contribution < 1.29 is 9.53 Å². The Hall–Kier alpha value is -4.07. The Labute approximate surface area is 185 Å². The molecule has 0 unspecified atom stereocenters. The highest BCUT2D eigenvalue weighted by molar-refractivity contribution is 5.95. The lowest BCUT2D eigenvalue weighted by atomic mass is 10.1. The molecule has 1 amide bonds. The fraction of sp³-hybridized carbons (Fsp3) is 0.208. The van der Waals surface area contributed by atoms with Gasteiger partial charge in [-0.3, -0.25) is 9.78 Å². The van der Waals surface area contributed by atoms with Gasteiger partial charge in [0.15, 0.2) is 5.82 Å². The van der Waals surface area contributed by atoms with E-state index in [1.807, 2.05) is 36.4 Å². The average Bonchev–Trinajstić information content (AvgIpc) is 3.61. The van der Waals surface area contributed by atoms with Gasteiger partial charge in [0, 0.05) is 47.8 Å². The van der Waals surface area contributed by atoms with E-state index in [0.29, 0.717) is 24.0 Å². The van der Waals surface area contributed by atoms with E-state index in [-0.39, 0.29) is 5.91 Å². The van der Waals surface area contributed by atoms with Gasteiger partial charge in [-0.25, -0.2) is 4.98 Å². The Balaban J connectivity index is 1.36. The molecule has 1 N–H and O–H groups in total. The molecule has 1 saturated carbocycles. The SMILES string of the molecule is COc1ccc(-c2ccnc(C(=O)NC3=CC(c4nncn4C4CC4)=CC=CC3)c2)cn1. The van der Waals surface area contributed by atoms with Crippen molar-refractivity contribution in [1.29, 1.82) is 0 Å². The topological polar surface area (TPSA) is 94.8 Å². The number of nitrogens with one attached hydrogen (secondary N) is 1. The fourth-order valence-electron chi connectivity index (χ4n) is 3.57. The highest BCUT2D eigenvalue weighted by Gasteiger charge is 2.27. The zero-order valence-corrected chi connectivity index (χ0v) is 17.6. The van der Waals surface area contributed by atoms with Crippen molar-refractivity contribution in [1.82, 2.24) is 30.0 Å². The number of pyridine rings is 2. The Morgan fingerprint density at radius 2 is 2.09 bits per heavy atom. The second-order valence-corrected chi connectivity index (χ2v) is 7.69. The second-order valence-electron chi connectivity index (χ2n) is 7.69. The minimum Gasteiger partial charge on any atom is -0.481 e. The molecule has 0 saturated heterocycles. The molecule has 3 aromatic rings. The van der Waals surface area contributed by atoms with Gasteiger partial charge in [0.1, 0.15) is 12.0 Å². The number of allylic oxidation sites excluding steroid dienone is 5. The Morgan fingerprint density at radius 3 is 2.88 bits per heavy atom. The molecule has 0 aliphatic heterocycles. The van der Waals surface area contributed by atoms with Gasteiger partial charge in [-0.2, -0.15) is 0 Å². The first-order valence-electron chi connectivity index (χ1n) is 10.5. The van der Waals surface area contributed by atoms with E-state index in [9.17, 15) is 4.79 Å². The maximum Gasteiger partial charge on any atom is 0.274 e. The molecule has 1 fully saturated rings. The number of hydrogen-bond acceptors (Lipinski definition) is 6. The molecule has 8 nitrogen and oxygen atoms in total. The van der Waals surface area contributed by atoms with Crippen LogP contribution in [-0.4, -0.2) is 37.7 Å². The molecule has 32 heavy (non-hydrogen) atoms. The van der Waals surface area contributed by atoms with Crippen LogP contribution in [0.4, 0.5) is 0 Å². The second kappa shape index (κ2) is 8.58. The van der Waals surface area contributed by atoms with E-state index in [2.05, 4.69) is 30.0 Å². The lowest BCUT2D eigenvalue weighted by molar-refractivity contribution is 0.0960. The molecule has 3 heterocycles. The normalized spacial score (nSPS) is 15.5. The summed E-state index contributed by atoms with van der Waals surface area (Å²) in [5.74, 6) is 1.09. The minimum absolute atomic E-state index is 0.266. The summed E-state index contributed by atoms with van der Waals surface area (Å²) in [6, 6.07) is 7.76. The molecule has 2 aliphatic rings. The van der Waals surface area contributed by atoms with Gasteiger partial charge < -0.3 is 14.6 Å². The van der Waals surface area contributed by atoms with Gasteiger partial charge in [-0.15, -0.1) is 10.2 Å². The molecular weight excluding hydrogens is 404 g/mol. The first kappa shape index (κ1) is 19.9. The summed E-state index contributed by atoms with van der Waals surface area (Å²) in [5.41, 5.74) is 3.76. The maximum absolute atomic E-state index is 13.0. The van der Waals surface area contributed by atoms with Crippen LogP contribution in [-0.2, 0) is 0 Å². The van der Waals surface area contributed by atoms with Crippen molar-refractivity contribution in [3.63, 3.8) is 0 Å². The quantitative estimate of drug-likeness (QED) is 0.645. The van der Waals surface area contributed by atoms with Crippen LogP contribution in [0.3, 0.4) is 0 Å². The number of carbonyl (C=O) groups is 1. The maximum atomic E-state index is 13.0. The highest BCUT2D eigenvalue weighted by Crippen LogP contribution is 2.37. The summed E-state index contributed by atoms with van der Waals surface area (Å²) < 4.78 is 7.21. The van der Waals surface area contributed by atoms with E-state index in [1.54, 1.807) is 38.0 Å². The van der Waals surface area contributed by atoms with E-state index in [4.69, 9.17) is 4.74 Å². The number of hydrogen-bond donors (Lipinski definition) is 1. The molecule has 0 atom stereocenters. The predicted molar refractivity (Wildman–Crippen MR) is 120 cm³/mol. The molecule has 0 spiro atoms. The standard InChI is InChI=1S/C24H22N6O2/c1-32-22-9-6-18(14-26-22)16-10-11-25-21(13-16)24(31)28-19-5-3-2-4-17(12-19)23-29-27-15-30(23)20-7-8-20/h2-4,6,9-15,20H,5,7-8H2,1H3,(H,28,31). The van der Waals surface area contributed by atoms with Gasteiger partial charge in [0.2, 0.25) is 5.88 Å². The number of ether oxygens (including phenoxy) is 1. The van der Waals surface area contributed by atoms with E-state index >= 15 is 0 Å². The molecule has 0 bridgehead atoms. The third kappa shape index (κ3) is 4.20. The molecule has 0 aromatic carbocycles. The first-order valence-corrected chi connectivity index (χ1v) is 10.5. The number of rotatable bonds is 6. The summed E-state index contributed by atoms with van der Waals surface area (Å²) in [6.45, 7) is 0. The lowest BCUT2D eigenvalue weighted by Crippen LogP contribution is -2.23. The molecule has 3 aromatic heterocycles. The van der Waals surface area contributed by atoms with E-state index < -0.39 is 0 Å². The zero-order valence-electron chi connectivity index (χ0n) is 17.6. The monoisotopic (exact) mass is 426 g/mol. The van der Waals surface area contributed by atoms with Gasteiger partial charge in [-0.1, -0.05) is 18.2 Å². The Kier molecular flexibility index (Phi) is 5.33. The molecule has 8 heteroatoms. The van der Waals surface area contributed by atoms with Crippen LogP contribution in [0, 0.1) is 0 Å². The smallest absolute Gasteiger partial charge is 0.274 e. The van der Waals surface area contributed by atoms with Crippen molar-refractivity contribution in [2.45, 2.75) is 25.3 Å². The molecule has 160 valence electrons. The number of aromatic nitrogens is 5. The van der Waals surface area contributed by atoms with Crippen LogP contribution in [0.15, 0.2) is 73.0 Å². The third-order valence-corrected chi connectivity index (χ3v) is 5.40. The number of nitrogens with zero attached hydrogens (tertiary/aromatic N) is 5. The Bertz CT molecular complexity index is 1240. The summed E-state index contributed by atoms with van der Waals surface area (Å²) in [4.78, 5) is 21.4. The predicted octanol–water partition coefficient (Wildman–Crippen LogP) is 3.74. The van der Waals surface area contributed by atoms with Crippen LogP contribution in [0.5, 0.6) is 5.88 Å². The molecule has 5 rings (SSSR count). The molecule has 0 radical (unpaired) electrons. The number of methoxy groups -OCH3 is 1. The van der Waals surface area contributed by atoms with Crippen LogP contribution < -0.4 is 10.1 Å². The number of amides is 1. The first-order chi connectivity index (χ1) is 15.7. The highest BCUT2D eigenvalue weighted by atomic mass is 16.5. The summed E-state index contributed by atoms with van der Waals surface area (Å²) in [5, 5.41) is 11.4. The lowest BCUT2D eigenvalue weighted by Gasteiger charge is -2.10. The van der Waals surface area contributed by atoms with Crippen LogP contribution in [0.1, 0.15) is 41.6 Å². The Morgan fingerprint density at radius 1 is 1.19 bits per heavy atom. The average molecular weight is 426 g/mol. The van der Waals surface area contributed by atoms with Gasteiger partial charge in [-0.05, 0) is 42.7 Å². The van der Waals surface area contributed by atoms with E-state index in [0.717, 1.165) is 41.1 Å². The minimum atomic E-state index is -0.266.